The van der Waals surface area contributed by atoms with Crippen LogP contribution in [-0.2, 0) is 4.74 Å². The number of H-pyrrole nitrogens is 1. The Bertz CT molecular complexity index is 794. The van der Waals surface area contributed by atoms with E-state index in [0.29, 0.717) is 36.8 Å². The molecule has 1 fully saturated rings. The summed E-state index contributed by atoms with van der Waals surface area (Å²) in [5.74, 6) is -0.657. The van der Waals surface area contributed by atoms with Crippen molar-refractivity contribution < 1.29 is 13.5 Å². The van der Waals surface area contributed by atoms with Crippen LogP contribution in [0.2, 0.25) is 0 Å². The normalized spacial score (nSPS) is 20.1. The van der Waals surface area contributed by atoms with Crippen molar-refractivity contribution >= 4 is 0 Å². The number of ether oxygens (including phenoxy) is 1. The smallest absolute Gasteiger partial charge is 0.251 e. The quantitative estimate of drug-likeness (QED) is 0.936. The van der Waals surface area contributed by atoms with E-state index in [-0.39, 0.29) is 11.6 Å². The lowest BCUT2D eigenvalue weighted by Crippen LogP contribution is -2.41. The molecule has 128 valence electrons. The molecule has 0 radical (unpaired) electrons. The summed E-state index contributed by atoms with van der Waals surface area (Å²) in [6.45, 7) is 5.18. The van der Waals surface area contributed by atoms with Gasteiger partial charge in [-0.3, -0.25) is 9.69 Å². The van der Waals surface area contributed by atoms with Crippen molar-refractivity contribution in [2.24, 2.45) is 0 Å². The first-order valence-electron chi connectivity index (χ1n) is 7.82. The molecule has 1 N–H and O–H groups in total. The number of hydrogen-bond donors (Lipinski definition) is 1. The zero-order valence-corrected chi connectivity index (χ0v) is 13.6. The van der Waals surface area contributed by atoms with E-state index >= 15 is 0 Å². The van der Waals surface area contributed by atoms with Gasteiger partial charge in [0.15, 0.2) is 0 Å². The van der Waals surface area contributed by atoms with Crippen molar-refractivity contribution in [1.29, 1.82) is 0 Å². The van der Waals surface area contributed by atoms with Crippen molar-refractivity contribution in [2.75, 3.05) is 19.7 Å². The van der Waals surface area contributed by atoms with Crippen LogP contribution in [0.3, 0.4) is 0 Å². The maximum Gasteiger partial charge on any atom is 0.251 e. The van der Waals surface area contributed by atoms with Crippen LogP contribution >= 0.6 is 0 Å². The van der Waals surface area contributed by atoms with Gasteiger partial charge >= 0.3 is 0 Å². The summed E-state index contributed by atoms with van der Waals surface area (Å²) in [5.41, 5.74) is 0.785. The number of aryl methyl sites for hydroxylation is 1. The van der Waals surface area contributed by atoms with Gasteiger partial charge in [-0.15, -0.1) is 0 Å². The Hall–Kier alpha value is -2.12. The molecule has 2 aromatic rings. The molecule has 0 amide bonds. The highest BCUT2D eigenvalue weighted by Gasteiger charge is 2.28. The number of aromatic nitrogens is 2. The predicted octanol–water partition coefficient (Wildman–Crippen LogP) is 2.49. The van der Waals surface area contributed by atoms with Gasteiger partial charge in [0.25, 0.3) is 5.56 Å². The Morgan fingerprint density at radius 2 is 2.17 bits per heavy atom. The standard InChI is InChI=1S/C17H19F2N3O2/c1-10-7-16(23)21-17(20-10)11(2)22-5-6-24-15(9-22)13-4-3-12(18)8-14(13)19/h3-4,7-8,11,15H,5-6,9H2,1-2H3,(H,20,21,23)/t11-,15-/m0/s1. The lowest BCUT2D eigenvalue weighted by Gasteiger charge is -2.36. The third kappa shape index (κ3) is 3.52. The minimum atomic E-state index is -0.614. The molecule has 1 aliphatic rings. The number of aromatic amines is 1. The molecule has 1 aliphatic heterocycles. The van der Waals surface area contributed by atoms with Crippen LogP contribution in [0.1, 0.15) is 36.2 Å². The number of hydrogen-bond acceptors (Lipinski definition) is 4. The zero-order valence-electron chi connectivity index (χ0n) is 13.6. The summed E-state index contributed by atoms with van der Waals surface area (Å²) >= 11 is 0. The summed E-state index contributed by atoms with van der Waals surface area (Å²) in [7, 11) is 0. The fourth-order valence-corrected chi connectivity index (χ4v) is 2.94. The van der Waals surface area contributed by atoms with E-state index in [1.54, 1.807) is 6.92 Å². The molecule has 0 spiro atoms. The van der Waals surface area contributed by atoms with E-state index in [2.05, 4.69) is 14.9 Å². The molecule has 3 rings (SSSR count). The third-order valence-electron chi connectivity index (χ3n) is 4.24. The van der Waals surface area contributed by atoms with Crippen LogP contribution in [-0.4, -0.2) is 34.6 Å². The summed E-state index contributed by atoms with van der Waals surface area (Å²) in [4.78, 5) is 20.8. The largest absolute Gasteiger partial charge is 0.371 e. The van der Waals surface area contributed by atoms with E-state index < -0.39 is 17.7 Å². The lowest BCUT2D eigenvalue weighted by molar-refractivity contribution is -0.0457. The molecule has 1 aromatic carbocycles. The molecular formula is C17H19F2N3O2. The molecule has 5 nitrogen and oxygen atoms in total. The number of morpholine rings is 1. The average molecular weight is 335 g/mol. The topological polar surface area (TPSA) is 58.2 Å². The first kappa shape index (κ1) is 16.7. The van der Waals surface area contributed by atoms with Gasteiger partial charge in [-0.05, 0) is 19.9 Å². The van der Waals surface area contributed by atoms with Crippen LogP contribution in [0, 0.1) is 18.6 Å². The van der Waals surface area contributed by atoms with Gasteiger partial charge < -0.3 is 9.72 Å². The van der Waals surface area contributed by atoms with E-state index in [9.17, 15) is 13.6 Å². The molecule has 7 heteroatoms. The maximum atomic E-state index is 14.0. The second-order valence-electron chi connectivity index (χ2n) is 5.97. The van der Waals surface area contributed by atoms with Crippen molar-refractivity contribution in [3.05, 3.63) is 63.3 Å². The van der Waals surface area contributed by atoms with Crippen molar-refractivity contribution in [3.8, 4) is 0 Å². The fraction of sp³-hybridized carbons (Fsp3) is 0.412. The fourth-order valence-electron chi connectivity index (χ4n) is 2.94. The minimum absolute atomic E-state index is 0.146. The Labute approximate surface area is 138 Å². The molecule has 1 saturated heterocycles. The molecule has 0 saturated carbocycles. The molecule has 2 heterocycles. The van der Waals surface area contributed by atoms with Crippen molar-refractivity contribution in [1.82, 2.24) is 14.9 Å². The molecule has 0 bridgehead atoms. The van der Waals surface area contributed by atoms with Crippen LogP contribution in [0.5, 0.6) is 0 Å². The molecule has 0 unspecified atom stereocenters. The van der Waals surface area contributed by atoms with Gasteiger partial charge in [0, 0.05) is 36.5 Å². The van der Waals surface area contributed by atoms with Crippen molar-refractivity contribution in [2.45, 2.75) is 26.0 Å². The predicted molar refractivity (Wildman–Crippen MR) is 84.6 cm³/mol. The van der Waals surface area contributed by atoms with Gasteiger partial charge in [0.2, 0.25) is 0 Å². The average Bonchev–Trinajstić information content (AvgIpc) is 2.53. The molecule has 0 aliphatic carbocycles. The van der Waals surface area contributed by atoms with Gasteiger partial charge in [-0.1, -0.05) is 6.07 Å². The van der Waals surface area contributed by atoms with Crippen molar-refractivity contribution in [3.63, 3.8) is 0 Å². The number of halogens is 2. The van der Waals surface area contributed by atoms with Crippen LogP contribution in [0.25, 0.3) is 0 Å². The Morgan fingerprint density at radius 3 is 2.88 bits per heavy atom. The van der Waals surface area contributed by atoms with E-state index in [1.165, 1.54) is 18.2 Å². The Balaban J connectivity index is 1.81. The van der Waals surface area contributed by atoms with E-state index in [0.717, 1.165) is 6.07 Å². The van der Waals surface area contributed by atoms with E-state index in [4.69, 9.17) is 4.74 Å². The van der Waals surface area contributed by atoms with Gasteiger partial charge in [0.1, 0.15) is 17.5 Å². The monoisotopic (exact) mass is 335 g/mol. The summed E-state index contributed by atoms with van der Waals surface area (Å²) in [5, 5.41) is 0. The molecule has 2 atom stereocenters. The van der Waals surface area contributed by atoms with Gasteiger partial charge in [-0.2, -0.15) is 0 Å². The molecular weight excluding hydrogens is 316 g/mol. The summed E-state index contributed by atoms with van der Waals surface area (Å²) in [6, 6.07) is 4.79. The second-order valence-corrected chi connectivity index (χ2v) is 5.97. The highest BCUT2D eigenvalue weighted by molar-refractivity contribution is 5.22. The SMILES string of the molecule is Cc1cc(=O)[nH]c([C@H](C)N2CCO[C@H](c3ccc(F)cc3F)C2)n1. The van der Waals surface area contributed by atoms with E-state index in [1.807, 2.05) is 6.92 Å². The van der Waals surface area contributed by atoms with Crippen LogP contribution in [0.15, 0.2) is 29.1 Å². The third-order valence-corrected chi connectivity index (χ3v) is 4.24. The van der Waals surface area contributed by atoms with Gasteiger partial charge in [-0.25, -0.2) is 13.8 Å². The number of benzene rings is 1. The zero-order chi connectivity index (χ0) is 17.3. The first-order chi connectivity index (χ1) is 11.4. The Morgan fingerprint density at radius 1 is 1.38 bits per heavy atom. The molecule has 1 aromatic heterocycles. The van der Waals surface area contributed by atoms with Gasteiger partial charge in [0.05, 0.1) is 18.8 Å². The van der Waals surface area contributed by atoms with Crippen LogP contribution in [0.4, 0.5) is 8.78 Å². The number of rotatable bonds is 3. The van der Waals surface area contributed by atoms with Crippen LogP contribution < -0.4 is 5.56 Å². The minimum Gasteiger partial charge on any atom is -0.371 e. The highest BCUT2D eigenvalue weighted by Crippen LogP contribution is 2.29. The summed E-state index contributed by atoms with van der Waals surface area (Å²) < 4.78 is 32.7. The number of nitrogens with zero attached hydrogens (tertiary/aromatic N) is 2. The highest BCUT2D eigenvalue weighted by atomic mass is 19.1. The second kappa shape index (κ2) is 6.78. The maximum absolute atomic E-state index is 14.0. The first-order valence-corrected chi connectivity index (χ1v) is 7.82. The summed E-state index contributed by atoms with van der Waals surface area (Å²) in [6.07, 6.45) is -0.488. The number of nitrogens with one attached hydrogen (secondary N) is 1. The lowest BCUT2D eigenvalue weighted by atomic mass is 10.1. The molecule has 24 heavy (non-hydrogen) atoms. The Kier molecular flexibility index (Phi) is 4.73.